The monoisotopic (exact) mass is 389 g/mol. The van der Waals surface area contributed by atoms with Crippen LogP contribution in [0, 0.1) is 0 Å². The molecule has 1 N–H and O–H groups in total. The van der Waals surface area contributed by atoms with Crippen molar-refractivity contribution in [3.8, 4) is 0 Å². The number of carbonyl (C=O) groups excluding carboxylic acids is 2. The van der Waals surface area contributed by atoms with Crippen LogP contribution in [0.25, 0.3) is 5.65 Å². The van der Waals surface area contributed by atoms with E-state index in [1.807, 2.05) is 0 Å². The normalized spacial score (nSPS) is 13.1. The zero-order valence-corrected chi connectivity index (χ0v) is 17.1. The topological polar surface area (TPSA) is 99.0 Å². The van der Waals surface area contributed by atoms with Gasteiger partial charge in [0, 0.05) is 24.4 Å². The second-order valence-electron chi connectivity index (χ2n) is 8.45. The number of fused-ring (bicyclic) bond motifs is 1. The van der Waals surface area contributed by atoms with Crippen molar-refractivity contribution in [2.45, 2.75) is 65.2 Å². The van der Waals surface area contributed by atoms with Crippen molar-refractivity contribution in [2.75, 3.05) is 0 Å². The molecule has 2 rings (SSSR count). The summed E-state index contributed by atoms with van der Waals surface area (Å²) in [6, 6.07) is 4.10. The summed E-state index contributed by atoms with van der Waals surface area (Å²) in [5.41, 5.74) is -1.03. The van der Waals surface area contributed by atoms with E-state index >= 15 is 0 Å². The van der Waals surface area contributed by atoms with E-state index in [1.54, 1.807) is 65.9 Å². The molecule has 2 heterocycles. The molecule has 0 saturated heterocycles. The number of nitrogens with one attached hydrogen (secondary N) is 1. The second-order valence-corrected chi connectivity index (χ2v) is 8.45. The summed E-state index contributed by atoms with van der Waals surface area (Å²) >= 11 is 0. The van der Waals surface area contributed by atoms with Crippen LogP contribution >= 0.6 is 0 Å². The average Bonchev–Trinajstić information content (AvgIpc) is 2.53. The number of nitrogens with zero attached hydrogens (tertiary/aromatic N) is 2. The molecule has 1 amide bonds. The van der Waals surface area contributed by atoms with Crippen LogP contribution in [-0.4, -0.2) is 38.7 Å². The number of hydrogen-bond acceptors (Lipinski definition) is 6. The Kier molecular flexibility index (Phi) is 6.11. The summed E-state index contributed by atoms with van der Waals surface area (Å²) in [5.74, 6) is -0.657. The lowest BCUT2D eigenvalue weighted by molar-refractivity contribution is -0.157. The number of ether oxygens (including phenoxy) is 2. The van der Waals surface area contributed by atoms with Crippen molar-refractivity contribution in [1.29, 1.82) is 0 Å². The lowest BCUT2D eigenvalue weighted by atomic mass is 10.1. The number of pyridine rings is 1. The van der Waals surface area contributed by atoms with Crippen molar-refractivity contribution in [3.05, 3.63) is 46.5 Å². The van der Waals surface area contributed by atoms with Crippen LogP contribution in [-0.2, 0) is 20.7 Å². The first-order chi connectivity index (χ1) is 12.9. The lowest BCUT2D eigenvalue weighted by Crippen LogP contribution is -2.47. The minimum absolute atomic E-state index is 0.0716. The highest BCUT2D eigenvalue weighted by molar-refractivity contribution is 5.82. The van der Waals surface area contributed by atoms with Gasteiger partial charge in [-0.3, -0.25) is 9.20 Å². The van der Waals surface area contributed by atoms with Gasteiger partial charge >= 0.3 is 12.1 Å². The van der Waals surface area contributed by atoms with Gasteiger partial charge < -0.3 is 14.8 Å². The van der Waals surface area contributed by atoms with Crippen molar-refractivity contribution in [3.63, 3.8) is 0 Å². The summed E-state index contributed by atoms with van der Waals surface area (Å²) in [7, 11) is 0. The fourth-order valence-electron chi connectivity index (χ4n) is 2.44. The van der Waals surface area contributed by atoms with Gasteiger partial charge in [0.1, 0.15) is 22.9 Å². The molecule has 0 aliphatic carbocycles. The number of hydrogen-bond donors (Lipinski definition) is 1. The van der Waals surface area contributed by atoms with Crippen molar-refractivity contribution in [1.82, 2.24) is 14.7 Å². The average molecular weight is 389 g/mol. The molecule has 0 aromatic carbocycles. The second kappa shape index (κ2) is 8.00. The zero-order chi connectivity index (χ0) is 21.1. The smallest absolute Gasteiger partial charge is 0.408 e. The molecule has 0 unspecified atom stereocenters. The van der Waals surface area contributed by atoms with Gasteiger partial charge in [0.2, 0.25) is 0 Å². The predicted molar refractivity (Wildman–Crippen MR) is 104 cm³/mol. The molecule has 0 bridgehead atoms. The highest BCUT2D eigenvalue weighted by Crippen LogP contribution is 2.12. The Hall–Kier alpha value is -2.90. The van der Waals surface area contributed by atoms with E-state index in [1.165, 1.54) is 10.6 Å². The molecule has 0 fully saturated rings. The Morgan fingerprint density at radius 3 is 2.36 bits per heavy atom. The molecular weight excluding hydrogens is 362 g/mol. The molecule has 28 heavy (non-hydrogen) atoms. The summed E-state index contributed by atoms with van der Waals surface area (Å²) in [5, 5.41) is 2.51. The molecule has 2 aromatic rings. The van der Waals surface area contributed by atoms with Gasteiger partial charge in [-0.1, -0.05) is 6.07 Å². The standard InChI is InChI=1S/C20H27N3O5/c1-19(2,3)27-17(25)14(22-18(26)28-20(4,5)6)11-13-12-21-15-9-7-8-10-23(15)16(13)24/h7-10,12,14H,11H2,1-6H3,(H,22,26)/t14-/m0/s1. The van der Waals surface area contributed by atoms with E-state index in [-0.39, 0.29) is 17.5 Å². The molecule has 0 radical (unpaired) electrons. The molecule has 0 saturated carbocycles. The van der Waals surface area contributed by atoms with Gasteiger partial charge in [-0.2, -0.15) is 0 Å². The fourth-order valence-corrected chi connectivity index (χ4v) is 2.44. The molecular formula is C20H27N3O5. The number of amides is 1. The van der Waals surface area contributed by atoms with E-state index < -0.39 is 29.3 Å². The van der Waals surface area contributed by atoms with E-state index in [0.29, 0.717) is 5.65 Å². The summed E-state index contributed by atoms with van der Waals surface area (Å²) in [6.45, 7) is 10.3. The third-order valence-corrected chi connectivity index (χ3v) is 3.49. The quantitative estimate of drug-likeness (QED) is 0.807. The Balaban J connectivity index is 2.31. The van der Waals surface area contributed by atoms with Crippen LogP contribution in [0.15, 0.2) is 35.4 Å². The highest BCUT2D eigenvalue weighted by Gasteiger charge is 2.29. The fraction of sp³-hybridized carbons (Fsp3) is 0.500. The lowest BCUT2D eigenvalue weighted by Gasteiger charge is -2.26. The molecule has 1 atom stereocenters. The number of aromatic nitrogens is 2. The maximum atomic E-state index is 12.7. The van der Waals surface area contributed by atoms with Crippen LogP contribution in [0.1, 0.15) is 47.1 Å². The molecule has 0 spiro atoms. The third-order valence-electron chi connectivity index (χ3n) is 3.49. The first-order valence-corrected chi connectivity index (χ1v) is 9.03. The molecule has 8 heteroatoms. The first kappa shape index (κ1) is 21.4. The van der Waals surface area contributed by atoms with E-state index in [4.69, 9.17) is 9.47 Å². The molecule has 0 aliphatic rings. The van der Waals surface area contributed by atoms with Crippen LogP contribution in [0.4, 0.5) is 4.79 Å². The zero-order valence-electron chi connectivity index (χ0n) is 17.1. The Bertz CT molecular complexity index is 922. The Labute approximate surface area is 163 Å². The molecule has 8 nitrogen and oxygen atoms in total. The van der Waals surface area contributed by atoms with E-state index in [9.17, 15) is 14.4 Å². The van der Waals surface area contributed by atoms with Gasteiger partial charge in [-0.05, 0) is 53.7 Å². The molecule has 0 aliphatic heterocycles. The first-order valence-electron chi connectivity index (χ1n) is 9.03. The van der Waals surface area contributed by atoms with Crippen molar-refractivity contribution < 1.29 is 19.1 Å². The SMILES string of the molecule is CC(C)(C)OC(=O)N[C@@H](Cc1cnc2ccccn2c1=O)C(=O)OC(C)(C)C. The van der Waals surface area contributed by atoms with Crippen LogP contribution in [0.2, 0.25) is 0 Å². The number of carbonyl (C=O) groups is 2. The third kappa shape index (κ3) is 6.07. The maximum absolute atomic E-state index is 12.7. The number of esters is 1. The number of alkyl carbamates (subject to hydrolysis) is 1. The molecule has 152 valence electrons. The number of rotatable bonds is 4. The Morgan fingerprint density at radius 2 is 1.75 bits per heavy atom. The van der Waals surface area contributed by atoms with Crippen LogP contribution in [0.3, 0.4) is 0 Å². The van der Waals surface area contributed by atoms with Gasteiger partial charge in [-0.15, -0.1) is 0 Å². The van der Waals surface area contributed by atoms with Crippen molar-refractivity contribution in [2.24, 2.45) is 0 Å². The van der Waals surface area contributed by atoms with Crippen molar-refractivity contribution >= 4 is 17.7 Å². The molecule has 2 aromatic heterocycles. The minimum atomic E-state index is -1.09. The highest BCUT2D eigenvalue weighted by atomic mass is 16.6. The maximum Gasteiger partial charge on any atom is 0.408 e. The van der Waals surface area contributed by atoms with Gasteiger partial charge in [0.05, 0.1) is 0 Å². The van der Waals surface area contributed by atoms with Crippen LogP contribution < -0.4 is 10.9 Å². The summed E-state index contributed by atoms with van der Waals surface area (Å²) in [6.07, 6.45) is 2.17. The van der Waals surface area contributed by atoms with Gasteiger partial charge in [-0.25, -0.2) is 14.6 Å². The van der Waals surface area contributed by atoms with Gasteiger partial charge in [0.15, 0.2) is 0 Å². The summed E-state index contributed by atoms with van der Waals surface area (Å²) in [4.78, 5) is 41.8. The minimum Gasteiger partial charge on any atom is -0.458 e. The van der Waals surface area contributed by atoms with Gasteiger partial charge in [0.25, 0.3) is 5.56 Å². The van der Waals surface area contributed by atoms with E-state index in [0.717, 1.165) is 0 Å². The summed E-state index contributed by atoms with van der Waals surface area (Å²) < 4.78 is 12.0. The largest absolute Gasteiger partial charge is 0.458 e. The van der Waals surface area contributed by atoms with Crippen LogP contribution in [0.5, 0.6) is 0 Å². The Morgan fingerprint density at radius 1 is 1.11 bits per heavy atom. The van der Waals surface area contributed by atoms with E-state index in [2.05, 4.69) is 10.3 Å². The predicted octanol–water partition coefficient (Wildman–Crippen LogP) is 2.47.